The summed E-state index contributed by atoms with van der Waals surface area (Å²) in [5.74, 6) is 0.858. The van der Waals surface area contributed by atoms with Gasteiger partial charge in [-0.05, 0) is 37.3 Å². The van der Waals surface area contributed by atoms with Gasteiger partial charge in [-0.15, -0.1) is 0 Å². The van der Waals surface area contributed by atoms with Crippen LogP contribution in [0.25, 0.3) is 11.3 Å². The number of hydrogen-bond acceptors (Lipinski definition) is 2. The summed E-state index contributed by atoms with van der Waals surface area (Å²) in [5, 5.41) is 0. The Kier molecular flexibility index (Phi) is 2.37. The Labute approximate surface area is 86.3 Å². The number of carbonyl (C=O) groups excluding carboxylic acids is 1. The number of carbonyl (C=O) groups is 1. The van der Waals surface area contributed by atoms with Crippen LogP contribution in [0, 0.1) is 12.7 Å². The third kappa shape index (κ3) is 1.81. The zero-order valence-corrected chi connectivity index (χ0v) is 8.16. The minimum Gasteiger partial charge on any atom is -0.461 e. The maximum atomic E-state index is 12.7. The van der Waals surface area contributed by atoms with Crippen LogP contribution < -0.4 is 0 Å². The van der Waals surface area contributed by atoms with E-state index in [1.165, 1.54) is 12.1 Å². The highest BCUT2D eigenvalue weighted by molar-refractivity contribution is 5.79. The third-order valence-corrected chi connectivity index (χ3v) is 2.21. The highest BCUT2D eigenvalue weighted by atomic mass is 19.1. The molecule has 0 amide bonds. The van der Waals surface area contributed by atoms with E-state index in [2.05, 4.69) is 0 Å². The monoisotopic (exact) mass is 204 g/mol. The van der Waals surface area contributed by atoms with E-state index in [0.29, 0.717) is 17.1 Å². The molecule has 3 heteroatoms. The maximum Gasteiger partial charge on any atom is 0.153 e. The molecule has 0 aliphatic heterocycles. The van der Waals surface area contributed by atoms with E-state index < -0.39 is 0 Å². The first-order chi connectivity index (χ1) is 7.20. The Bertz CT molecular complexity index is 483. The van der Waals surface area contributed by atoms with Crippen molar-refractivity contribution in [2.75, 3.05) is 0 Å². The largest absolute Gasteiger partial charge is 0.461 e. The van der Waals surface area contributed by atoms with Gasteiger partial charge in [0.05, 0.1) is 5.56 Å². The third-order valence-electron chi connectivity index (χ3n) is 2.21. The van der Waals surface area contributed by atoms with E-state index in [9.17, 15) is 9.18 Å². The number of furan rings is 1. The standard InChI is InChI=1S/C12H9FO2/c1-8-10(7-14)6-12(15-8)9-2-4-11(13)5-3-9/h2-7H,1H3. The molecule has 0 bridgehead atoms. The van der Waals surface area contributed by atoms with Gasteiger partial charge in [-0.25, -0.2) is 4.39 Å². The molecule has 0 saturated heterocycles. The second kappa shape index (κ2) is 3.69. The molecular weight excluding hydrogens is 195 g/mol. The zero-order chi connectivity index (χ0) is 10.8. The van der Waals surface area contributed by atoms with Gasteiger partial charge in [0.15, 0.2) is 6.29 Å². The van der Waals surface area contributed by atoms with Crippen LogP contribution in [0.3, 0.4) is 0 Å². The summed E-state index contributed by atoms with van der Waals surface area (Å²) in [5.41, 5.74) is 1.28. The fourth-order valence-electron chi connectivity index (χ4n) is 1.37. The summed E-state index contributed by atoms with van der Waals surface area (Å²) >= 11 is 0. The summed E-state index contributed by atoms with van der Waals surface area (Å²) < 4.78 is 18.0. The quantitative estimate of drug-likeness (QED) is 0.703. The van der Waals surface area contributed by atoms with Gasteiger partial charge in [-0.2, -0.15) is 0 Å². The molecule has 0 fully saturated rings. The van der Waals surface area contributed by atoms with Crippen LogP contribution in [0.1, 0.15) is 16.1 Å². The molecule has 0 N–H and O–H groups in total. The second-order valence-electron chi connectivity index (χ2n) is 3.25. The highest BCUT2D eigenvalue weighted by Gasteiger charge is 2.08. The molecule has 2 nitrogen and oxygen atoms in total. The molecule has 1 aromatic heterocycles. The summed E-state index contributed by atoms with van der Waals surface area (Å²) in [6.07, 6.45) is 0.742. The average molecular weight is 204 g/mol. The first-order valence-electron chi connectivity index (χ1n) is 4.52. The van der Waals surface area contributed by atoms with Crippen molar-refractivity contribution in [2.45, 2.75) is 6.92 Å². The Morgan fingerprint density at radius 1 is 1.27 bits per heavy atom. The minimum atomic E-state index is -0.294. The van der Waals surface area contributed by atoms with Gasteiger partial charge in [0.25, 0.3) is 0 Å². The van der Waals surface area contributed by atoms with E-state index in [4.69, 9.17) is 4.42 Å². The van der Waals surface area contributed by atoms with E-state index in [1.807, 2.05) is 0 Å². The number of aryl methyl sites for hydroxylation is 1. The first kappa shape index (κ1) is 9.65. The molecular formula is C12H9FO2. The van der Waals surface area contributed by atoms with Crippen LogP contribution in [-0.4, -0.2) is 6.29 Å². The van der Waals surface area contributed by atoms with E-state index in [0.717, 1.165) is 11.8 Å². The van der Waals surface area contributed by atoms with Crippen LogP contribution in [0.15, 0.2) is 34.7 Å². The smallest absolute Gasteiger partial charge is 0.153 e. The van der Waals surface area contributed by atoms with Crippen molar-refractivity contribution in [2.24, 2.45) is 0 Å². The lowest BCUT2D eigenvalue weighted by molar-refractivity contribution is 0.112. The predicted molar refractivity (Wildman–Crippen MR) is 54.2 cm³/mol. The van der Waals surface area contributed by atoms with Gasteiger partial charge in [0.2, 0.25) is 0 Å². The molecule has 0 atom stereocenters. The molecule has 0 aliphatic rings. The lowest BCUT2D eigenvalue weighted by atomic mass is 10.1. The molecule has 1 heterocycles. The maximum absolute atomic E-state index is 12.7. The fourth-order valence-corrected chi connectivity index (χ4v) is 1.37. The van der Waals surface area contributed by atoms with Crippen LogP contribution in [-0.2, 0) is 0 Å². The second-order valence-corrected chi connectivity index (χ2v) is 3.25. The van der Waals surface area contributed by atoms with Gasteiger partial charge in [0, 0.05) is 5.56 Å². The normalized spacial score (nSPS) is 10.3. The Hall–Kier alpha value is -1.90. The van der Waals surface area contributed by atoms with Gasteiger partial charge < -0.3 is 4.42 Å². The van der Waals surface area contributed by atoms with Gasteiger partial charge in [-0.3, -0.25) is 4.79 Å². The van der Waals surface area contributed by atoms with Crippen LogP contribution >= 0.6 is 0 Å². The van der Waals surface area contributed by atoms with Crippen molar-refractivity contribution in [1.29, 1.82) is 0 Å². The first-order valence-corrected chi connectivity index (χ1v) is 4.52. The molecule has 1 aromatic carbocycles. The van der Waals surface area contributed by atoms with Crippen molar-refractivity contribution in [3.63, 3.8) is 0 Å². The lowest BCUT2D eigenvalue weighted by Gasteiger charge is -1.95. The zero-order valence-electron chi connectivity index (χ0n) is 8.16. The molecule has 2 aromatic rings. The van der Waals surface area contributed by atoms with Crippen molar-refractivity contribution in [3.8, 4) is 11.3 Å². The van der Waals surface area contributed by atoms with E-state index in [-0.39, 0.29) is 5.82 Å². The average Bonchev–Trinajstić information content (AvgIpc) is 2.61. The highest BCUT2D eigenvalue weighted by Crippen LogP contribution is 2.24. The van der Waals surface area contributed by atoms with Gasteiger partial charge in [-0.1, -0.05) is 0 Å². The summed E-state index contributed by atoms with van der Waals surface area (Å²) in [4.78, 5) is 10.6. The fraction of sp³-hybridized carbons (Fsp3) is 0.0833. The van der Waals surface area contributed by atoms with Crippen molar-refractivity contribution < 1.29 is 13.6 Å². The predicted octanol–water partition coefficient (Wildman–Crippen LogP) is 3.21. The van der Waals surface area contributed by atoms with E-state index >= 15 is 0 Å². The van der Waals surface area contributed by atoms with Crippen molar-refractivity contribution in [3.05, 3.63) is 47.5 Å². The topological polar surface area (TPSA) is 30.2 Å². The molecule has 0 aliphatic carbocycles. The summed E-state index contributed by atoms with van der Waals surface area (Å²) in [6.45, 7) is 1.72. The molecule has 2 rings (SSSR count). The lowest BCUT2D eigenvalue weighted by Crippen LogP contribution is -1.76. The SMILES string of the molecule is Cc1oc(-c2ccc(F)cc2)cc1C=O. The molecule has 0 unspecified atom stereocenters. The molecule has 0 saturated carbocycles. The number of aldehydes is 1. The molecule has 76 valence electrons. The number of rotatable bonds is 2. The summed E-state index contributed by atoms with van der Waals surface area (Å²) in [6, 6.07) is 7.58. The van der Waals surface area contributed by atoms with E-state index in [1.54, 1.807) is 25.1 Å². The molecule has 15 heavy (non-hydrogen) atoms. The van der Waals surface area contributed by atoms with Crippen LogP contribution in [0.5, 0.6) is 0 Å². The van der Waals surface area contributed by atoms with Crippen LogP contribution in [0.2, 0.25) is 0 Å². The summed E-state index contributed by atoms with van der Waals surface area (Å²) in [7, 11) is 0. The van der Waals surface area contributed by atoms with Gasteiger partial charge >= 0.3 is 0 Å². The number of benzene rings is 1. The molecule has 0 spiro atoms. The minimum absolute atomic E-state index is 0.294. The van der Waals surface area contributed by atoms with Gasteiger partial charge in [0.1, 0.15) is 17.3 Å². The van der Waals surface area contributed by atoms with Crippen LogP contribution in [0.4, 0.5) is 4.39 Å². The Morgan fingerprint density at radius 2 is 1.93 bits per heavy atom. The number of hydrogen-bond donors (Lipinski definition) is 0. The Balaban J connectivity index is 2.45. The Morgan fingerprint density at radius 3 is 2.47 bits per heavy atom. The van der Waals surface area contributed by atoms with Crippen molar-refractivity contribution in [1.82, 2.24) is 0 Å². The number of halogens is 1. The molecule has 0 radical (unpaired) electrons. The van der Waals surface area contributed by atoms with Crippen molar-refractivity contribution >= 4 is 6.29 Å².